The van der Waals surface area contributed by atoms with Crippen molar-refractivity contribution in [3.8, 4) is 5.95 Å². The molecule has 2 amide bonds. The maximum Gasteiger partial charge on any atom is 0.271 e. The van der Waals surface area contributed by atoms with E-state index >= 15 is 0 Å². The van der Waals surface area contributed by atoms with E-state index in [-0.39, 0.29) is 24.1 Å². The first-order valence-corrected chi connectivity index (χ1v) is 9.35. The van der Waals surface area contributed by atoms with Gasteiger partial charge >= 0.3 is 0 Å². The van der Waals surface area contributed by atoms with Gasteiger partial charge in [0.25, 0.3) is 5.95 Å². The number of hydrogen-bond donors (Lipinski definition) is 2. The monoisotopic (exact) mass is 378 g/mol. The van der Waals surface area contributed by atoms with Crippen molar-refractivity contribution in [3.05, 3.63) is 17.5 Å². The van der Waals surface area contributed by atoms with Crippen LogP contribution in [-0.4, -0.2) is 66.8 Å². The summed E-state index contributed by atoms with van der Waals surface area (Å²) in [6, 6.07) is 1.91. The zero-order valence-electron chi connectivity index (χ0n) is 14.8. The molecule has 3 heterocycles. The Morgan fingerprint density at radius 1 is 1.27 bits per heavy atom. The zero-order chi connectivity index (χ0) is 18.7. The van der Waals surface area contributed by atoms with Crippen molar-refractivity contribution in [1.29, 1.82) is 0 Å². The highest BCUT2D eigenvalue weighted by atomic mass is 32.2. The Balaban J connectivity index is 1.52. The van der Waals surface area contributed by atoms with E-state index in [0.29, 0.717) is 11.1 Å². The van der Waals surface area contributed by atoms with E-state index in [4.69, 9.17) is 5.84 Å². The highest BCUT2D eigenvalue weighted by molar-refractivity contribution is 7.99. The lowest BCUT2D eigenvalue weighted by molar-refractivity contribution is -0.131. The average Bonchev–Trinajstić information content (AvgIpc) is 3.32. The lowest BCUT2D eigenvalue weighted by Crippen LogP contribution is -2.39. The smallest absolute Gasteiger partial charge is 0.271 e. The number of carbonyl (C=O) groups is 2. The van der Waals surface area contributed by atoms with E-state index in [1.807, 2.05) is 19.9 Å². The zero-order valence-corrected chi connectivity index (χ0v) is 15.6. The van der Waals surface area contributed by atoms with Gasteiger partial charge in [0, 0.05) is 18.8 Å². The molecule has 2 aromatic heterocycles. The molecule has 10 nitrogen and oxygen atoms in total. The fraction of sp³-hybridized carbons (Fsp3) is 0.533. The number of likely N-dealkylation sites (tertiary alicyclic amines) is 1. The second kappa shape index (κ2) is 7.77. The molecular formula is C15H22N8O2S. The fourth-order valence-electron chi connectivity index (χ4n) is 2.78. The fourth-order valence-corrected chi connectivity index (χ4v) is 3.46. The Hall–Kier alpha value is -2.56. The molecule has 1 aliphatic heterocycles. The molecule has 1 fully saturated rings. The van der Waals surface area contributed by atoms with Gasteiger partial charge in [0.2, 0.25) is 17.0 Å². The Bertz CT molecular complexity index is 809. The summed E-state index contributed by atoms with van der Waals surface area (Å²) in [5.41, 5.74) is 1.73. The van der Waals surface area contributed by atoms with Gasteiger partial charge in [0.15, 0.2) is 0 Å². The van der Waals surface area contributed by atoms with E-state index in [9.17, 15) is 9.59 Å². The Morgan fingerprint density at radius 2 is 2.00 bits per heavy atom. The first-order valence-electron chi connectivity index (χ1n) is 8.37. The number of nitrogens with two attached hydrogens (primary N) is 1. The summed E-state index contributed by atoms with van der Waals surface area (Å²) in [4.78, 5) is 25.7. The Labute approximate surface area is 155 Å². The van der Waals surface area contributed by atoms with Crippen LogP contribution < -0.4 is 11.2 Å². The molecule has 2 aromatic rings. The number of hydrogen-bond acceptors (Lipinski definition) is 7. The van der Waals surface area contributed by atoms with E-state index in [2.05, 4.69) is 20.6 Å². The summed E-state index contributed by atoms with van der Waals surface area (Å²) in [7, 11) is 0. The number of nitrogens with zero attached hydrogens (tertiary/aromatic N) is 6. The highest BCUT2D eigenvalue weighted by Crippen LogP contribution is 2.17. The summed E-state index contributed by atoms with van der Waals surface area (Å²) < 4.78 is 2.90. The summed E-state index contributed by atoms with van der Waals surface area (Å²) >= 11 is 1.15. The van der Waals surface area contributed by atoms with Crippen LogP contribution in [0, 0.1) is 13.8 Å². The minimum atomic E-state index is -0.252. The van der Waals surface area contributed by atoms with Gasteiger partial charge in [-0.15, -0.1) is 10.2 Å². The predicted octanol–water partition coefficient (Wildman–Crippen LogP) is -0.375. The lowest BCUT2D eigenvalue weighted by Gasteiger charge is -2.15. The van der Waals surface area contributed by atoms with Gasteiger partial charge in [-0.1, -0.05) is 11.8 Å². The maximum absolute atomic E-state index is 12.0. The van der Waals surface area contributed by atoms with Crippen molar-refractivity contribution >= 4 is 23.6 Å². The largest absolute Gasteiger partial charge is 0.346 e. The van der Waals surface area contributed by atoms with Gasteiger partial charge in [0.1, 0.15) is 0 Å². The van der Waals surface area contributed by atoms with Crippen LogP contribution in [0.15, 0.2) is 11.2 Å². The molecule has 11 heteroatoms. The van der Waals surface area contributed by atoms with Crippen molar-refractivity contribution in [2.24, 2.45) is 0 Å². The predicted molar refractivity (Wildman–Crippen MR) is 96.3 cm³/mol. The molecule has 0 unspecified atom stereocenters. The van der Waals surface area contributed by atoms with Crippen molar-refractivity contribution in [2.75, 3.05) is 31.2 Å². The quantitative estimate of drug-likeness (QED) is 0.519. The number of aryl methyl sites for hydroxylation is 2. The third-order valence-electron chi connectivity index (χ3n) is 4.07. The van der Waals surface area contributed by atoms with Crippen LogP contribution >= 0.6 is 11.8 Å². The molecule has 3 rings (SSSR count). The first-order chi connectivity index (χ1) is 12.5. The minimum Gasteiger partial charge on any atom is -0.346 e. The number of rotatable bonds is 6. The molecule has 140 valence electrons. The summed E-state index contributed by atoms with van der Waals surface area (Å²) in [5, 5.41) is 15.4. The van der Waals surface area contributed by atoms with Gasteiger partial charge in [0.05, 0.1) is 18.0 Å². The van der Waals surface area contributed by atoms with Crippen molar-refractivity contribution in [3.63, 3.8) is 0 Å². The topological polar surface area (TPSA) is 124 Å². The molecule has 0 aromatic carbocycles. The van der Waals surface area contributed by atoms with Gasteiger partial charge < -0.3 is 16.1 Å². The molecule has 1 saturated heterocycles. The van der Waals surface area contributed by atoms with E-state index in [1.165, 1.54) is 4.68 Å². The van der Waals surface area contributed by atoms with Crippen LogP contribution in [0.2, 0.25) is 0 Å². The first kappa shape index (κ1) is 18.2. The van der Waals surface area contributed by atoms with E-state index in [1.54, 1.807) is 9.58 Å². The molecule has 0 atom stereocenters. The molecule has 0 aliphatic carbocycles. The molecular weight excluding hydrogens is 356 g/mol. The van der Waals surface area contributed by atoms with Crippen LogP contribution in [-0.2, 0) is 9.59 Å². The van der Waals surface area contributed by atoms with Crippen LogP contribution in [0.3, 0.4) is 0 Å². The van der Waals surface area contributed by atoms with Crippen LogP contribution in [0.25, 0.3) is 5.95 Å². The highest BCUT2D eigenvalue weighted by Gasteiger charge is 2.19. The Kier molecular flexibility index (Phi) is 5.45. The van der Waals surface area contributed by atoms with E-state index < -0.39 is 0 Å². The van der Waals surface area contributed by atoms with Crippen LogP contribution in [0.4, 0.5) is 0 Å². The second-order valence-corrected chi connectivity index (χ2v) is 7.09. The maximum atomic E-state index is 12.0. The van der Waals surface area contributed by atoms with Gasteiger partial charge in [-0.3, -0.25) is 9.59 Å². The standard InChI is InChI=1S/C15H22N8O2S/c1-10-7-11(2)23(20-10)14-18-19-15(22(14)16)26-9-12(24)17-8-13(25)21-5-3-4-6-21/h7H,3-6,8-9,16H2,1-2H3,(H,17,24). The average molecular weight is 378 g/mol. The number of aromatic nitrogens is 5. The number of carbonyl (C=O) groups excluding carboxylic acids is 2. The number of amides is 2. The number of nitrogen functional groups attached to an aromatic ring is 1. The third kappa shape index (κ3) is 3.98. The van der Waals surface area contributed by atoms with Crippen molar-refractivity contribution < 1.29 is 9.59 Å². The molecule has 0 spiro atoms. The third-order valence-corrected chi connectivity index (χ3v) is 5.02. The minimum absolute atomic E-state index is 0.0196. The second-order valence-electron chi connectivity index (χ2n) is 6.14. The molecule has 0 bridgehead atoms. The van der Waals surface area contributed by atoms with Gasteiger partial charge in [-0.05, 0) is 32.8 Å². The molecule has 1 aliphatic rings. The molecule has 0 radical (unpaired) electrons. The summed E-state index contributed by atoms with van der Waals surface area (Å²) in [6.07, 6.45) is 2.05. The number of thioether (sulfide) groups is 1. The number of nitrogens with one attached hydrogen (secondary N) is 1. The Morgan fingerprint density at radius 3 is 2.65 bits per heavy atom. The molecule has 3 N–H and O–H groups in total. The molecule has 26 heavy (non-hydrogen) atoms. The van der Waals surface area contributed by atoms with Gasteiger partial charge in [-0.2, -0.15) is 5.10 Å². The van der Waals surface area contributed by atoms with Gasteiger partial charge in [-0.25, -0.2) is 9.36 Å². The summed E-state index contributed by atoms with van der Waals surface area (Å²) in [5.74, 6) is 6.20. The molecule has 0 saturated carbocycles. The SMILES string of the molecule is Cc1cc(C)n(-c2nnc(SCC(=O)NCC(=O)N3CCCC3)n2N)n1. The van der Waals surface area contributed by atoms with Crippen LogP contribution in [0.5, 0.6) is 0 Å². The summed E-state index contributed by atoms with van der Waals surface area (Å²) in [6.45, 7) is 5.34. The lowest BCUT2D eigenvalue weighted by atomic mass is 10.4. The van der Waals surface area contributed by atoms with Crippen molar-refractivity contribution in [2.45, 2.75) is 31.8 Å². The normalized spacial score (nSPS) is 14.0. The van der Waals surface area contributed by atoms with Crippen molar-refractivity contribution in [1.82, 2.24) is 34.9 Å². The van der Waals surface area contributed by atoms with E-state index in [0.717, 1.165) is 49.1 Å². The van der Waals surface area contributed by atoms with Crippen LogP contribution in [0.1, 0.15) is 24.2 Å².